The van der Waals surface area contributed by atoms with Crippen LogP contribution in [0.25, 0.3) is 17.4 Å². The van der Waals surface area contributed by atoms with Crippen molar-refractivity contribution in [1.29, 1.82) is 0 Å². The van der Waals surface area contributed by atoms with E-state index in [2.05, 4.69) is 0 Å². The van der Waals surface area contributed by atoms with Crippen molar-refractivity contribution >= 4 is 57.9 Å². The van der Waals surface area contributed by atoms with Gasteiger partial charge in [-0.2, -0.15) is 0 Å². The molecule has 5 nitrogen and oxygen atoms in total. The van der Waals surface area contributed by atoms with Gasteiger partial charge in [-0.3, -0.25) is 14.5 Å². The van der Waals surface area contributed by atoms with E-state index in [9.17, 15) is 9.59 Å². The van der Waals surface area contributed by atoms with Crippen molar-refractivity contribution in [3.63, 3.8) is 0 Å². The highest BCUT2D eigenvalue weighted by atomic mass is 35.5. The molecule has 134 valence electrons. The van der Waals surface area contributed by atoms with E-state index in [4.69, 9.17) is 33.3 Å². The van der Waals surface area contributed by atoms with Gasteiger partial charge in [0.1, 0.15) is 15.8 Å². The molecular formula is C18H14ClNO4S2. The zero-order valence-electron chi connectivity index (χ0n) is 13.5. The molecule has 1 aliphatic heterocycles. The van der Waals surface area contributed by atoms with Crippen molar-refractivity contribution in [2.24, 2.45) is 0 Å². The number of benzene rings is 1. The Kier molecular flexibility index (Phi) is 5.80. The lowest BCUT2D eigenvalue weighted by molar-refractivity contribution is -0.137. The Morgan fingerprint density at radius 1 is 1.31 bits per heavy atom. The van der Waals surface area contributed by atoms with Gasteiger partial charge in [0, 0.05) is 24.6 Å². The van der Waals surface area contributed by atoms with Gasteiger partial charge in [0.2, 0.25) is 0 Å². The van der Waals surface area contributed by atoms with E-state index in [1.54, 1.807) is 24.3 Å². The normalized spacial score (nSPS) is 15.9. The number of hydrogen-bond acceptors (Lipinski definition) is 5. The Hall–Kier alpha value is -2.09. The summed E-state index contributed by atoms with van der Waals surface area (Å²) in [5.74, 6) is -0.000467. The number of halogens is 1. The summed E-state index contributed by atoms with van der Waals surface area (Å²) in [6.45, 7) is 0.289. The molecule has 1 aliphatic rings. The third-order valence-corrected chi connectivity index (χ3v) is 5.39. The first-order valence-corrected chi connectivity index (χ1v) is 9.38. The molecule has 3 rings (SSSR count). The number of carbonyl (C=O) groups excluding carboxylic acids is 1. The highest BCUT2D eigenvalue weighted by Gasteiger charge is 2.31. The average molecular weight is 408 g/mol. The fourth-order valence-corrected chi connectivity index (χ4v) is 3.96. The molecule has 0 bridgehead atoms. The molecule has 1 aromatic carbocycles. The predicted molar refractivity (Wildman–Crippen MR) is 106 cm³/mol. The van der Waals surface area contributed by atoms with Crippen LogP contribution in [-0.2, 0) is 9.59 Å². The van der Waals surface area contributed by atoms with Crippen LogP contribution in [0, 0.1) is 0 Å². The maximum absolute atomic E-state index is 12.5. The van der Waals surface area contributed by atoms with Crippen LogP contribution in [0.4, 0.5) is 0 Å². The maximum atomic E-state index is 12.5. The molecule has 0 atom stereocenters. The Balaban J connectivity index is 1.75. The molecule has 0 unspecified atom stereocenters. The molecule has 26 heavy (non-hydrogen) atoms. The first-order chi connectivity index (χ1) is 12.5. The van der Waals surface area contributed by atoms with Crippen molar-refractivity contribution in [1.82, 2.24) is 4.90 Å². The summed E-state index contributed by atoms with van der Waals surface area (Å²) in [4.78, 5) is 24.9. The highest BCUT2D eigenvalue weighted by Crippen LogP contribution is 2.34. The zero-order valence-corrected chi connectivity index (χ0v) is 15.9. The maximum Gasteiger partial charge on any atom is 0.303 e. The van der Waals surface area contributed by atoms with Gasteiger partial charge in [0.05, 0.1) is 9.93 Å². The van der Waals surface area contributed by atoms with Gasteiger partial charge in [-0.15, -0.1) is 0 Å². The number of nitrogens with zero attached hydrogens (tertiary/aromatic N) is 1. The van der Waals surface area contributed by atoms with E-state index in [0.29, 0.717) is 32.2 Å². The third-order valence-electron chi connectivity index (χ3n) is 3.69. The van der Waals surface area contributed by atoms with E-state index in [0.717, 1.165) is 5.56 Å². The number of carbonyl (C=O) groups is 2. The Labute approximate surface area is 164 Å². The molecule has 1 saturated heterocycles. The van der Waals surface area contributed by atoms with Crippen LogP contribution < -0.4 is 0 Å². The van der Waals surface area contributed by atoms with Gasteiger partial charge in [0.25, 0.3) is 5.91 Å². The summed E-state index contributed by atoms with van der Waals surface area (Å²) in [7, 11) is 0. The second-order valence-electron chi connectivity index (χ2n) is 5.51. The molecule has 1 amide bonds. The average Bonchev–Trinajstić information content (AvgIpc) is 3.15. The van der Waals surface area contributed by atoms with Gasteiger partial charge >= 0.3 is 5.97 Å². The van der Waals surface area contributed by atoms with Crippen LogP contribution in [0.15, 0.2) is 45.7 Å². The zero-order chi connectivity index (χ0) is 18.7. The molecule has 0 saturated carbocycles. The number of thiocarbonyl (C=S) groups is 1. The summed E-state index contributed by atoms with van der Waals surface area (Å²) in [6, 6.07) is 10.9. The van der Waals surface area contributed by atoms with E-state index < -0.39 is 5.97 Å². The molecule has 0 radical (unpaired) electrons. The van der Waals surface area contributed by atoms with E-state index in [1.165, 1.54) is 16.7 Å². The standard InChI is InChI=1S/C18H14ClNO4S2/c19-13-5-2-1-4-12(13)14-8-7-11(24-14)10-15-17(23)20(18(25)26-15)9-3-6-16(21)22/h1-2,4-5,7-8,10H,3,6,9H2,(H,21,22)/b15-10-. The minimum absolute atomic E-state index is 0.00448. The Morgan fingerprint density at radius 3 is 2.81 bits per heavy atom. The van der Waals surface area contributed by atoms with Crippen LogP contribution in [0.5, 0.6) is 0 Å². The van der Waals surface area contributed by atoms with E-state index in [1.807, 2.05) is 18.2 Å². The molecule has 2 aromatic rings. The summed E-state index contributed by atoms with van der Waals surface area (Å²) in [5.41, 5.74) is 0.773. The second-order valence-corrected chi connectivity index (χ2v) is 7.60. The molecule has 2 heterocycles. The largest absolute Gasteiger partial charge is 0.481 e. The van der Waals surface area contributed by atoms with Gasteiger partial charge in [-0.25, -0.2) is 0 Å². The lowest BCUT2D eigenvalue weighted by atomic mass is 10.2. The number of aliphatic carboxylic acids is 1. The number of carboxylic acids is 1. The quantitative estimate of drug-likeness (QED) is 0.554. The number of thioether (sulfide) groups is 1. The van der Waals surface area contributed by atoms with Crippen LogP contribution in [-0.4, -0.2) is 32.7 Å². The minimum Gasteiger partial charge on any atom is -0.481 e. The topological polar surface area (TPSA) is 70.8 Å². The Bertz CT molecular complexity index is 906. The lowest BCUT2D eigenvalue weighted by Gasteiger charge is -2.13. The van der Waals surface area contributed by atoms with Crippen molar-refractivity contribution in [3.05, 3.63) is 52.1 Å². The molecule has 1 fully saturated rings. The fraction of sp³-hybridized carbons (Fsp3) is 0.167. The summed E-state index contributed by atoms with van der Waals surface area (Å²) in [5, 5.41) is 9.29. The van der Waals surface area contributed by atoms with Crippen molar-refractivity contribution in [3.8, 4) is 11.3 Å². The van der Waals surface area contributed by atoms with Crippen molar-refractivity contribution in [2.45, 2.75) is 12.8 Å². The number of hydrogen-bond donors (Lipinski definition) is 1. The molecular weight excluding hydrogens is 394 g/mol. The van der Waals surface area contributed by atoms with Crippen molar-refractivity contribution in [2.75, 3.05) is 6.54 Å². The third kappa shape index (κ3) is 4.17. The van der Waals surface area contributed by atoms with Gasteiger partial charge < -0.3 is 9.52 Å². The van der Waals surface area contributed by atoms with Crippen LogP contribution in [0.2, 0.25) is 5.02 Å². The number of carboxylic acid groups (broad SMARTS) is 1. The predicted octanol–water partition coefficient (Wildman–Crippen LogP) is 4.67. The van der Waals surface area contributed by atoms with Crippen molar-refractivity contribution < 1.29 is 19.1 Å². The molecule has 0 aliphatic carbocycles. The summed E-state index contributed by atoms with van der Waals surface area (Å²) in [6.07, 6.45) is 1.98. The van der Waals surface area contributed by atoms with Crippen LogP contribution in [0.1, 0.15) is 18.6 Å². The fourth-order valence-electron chi connectivity index (χ4n) is 2.45. The number of rotatable bonds is 6. The van der Waals surface area contributed by atoms with Crippen LogP contribution in [0.3, 0.4) is 0 Å². The molecule has 8 heteroatoms. The van der Waals surface area contributed by atoms with Crippen LogP contribution >= 0.6 is 35.6 Å². The number of amides is 1. The SMILES string of the molecule is O=C(O)CCCN1C(=O)/C(=C/c2ccc(-c3ccccc3Cl)o2)SC1=S. The Morgan fingerprint density at radius 2 is 2.08 bits per heavy atom. The smallest absolute Gasteiger partial charge is 0.303 e. The number of furan rings is 1. The lowest BCUT2D eigenvalue weighted by Crippen LogP contribution is -2.29. The summed E-state index contributed by atoms with van der Waals surface area (Å²) < 4.78 is 6.20. The minimum atomic E-state index is -0.895. The molecule has 1 N–H and O–H groups in total. The van der Waals surface area contributed by atoms with Gasteiger partial charge in [0.15, 0.2) is 0 Å². The van der Waals surface area contributed by atoms with Gasteiger partial charge in [-0.05, 0) is 30.7 Å². The first kappa shape index (κ1) is 18.7. The monoisotopic (exact) mass is 407 g/mol. The van der Waals surface area contributed by atoms with E-state index in [-0.39, 0.29) is 18.9 Å². The highest BCUT2D eigenvalue weighted by molar-refractivity contribution is 8.26. The first-order valence-electron chi connectivity index (χ1n) is 7.77. The molecule has 1 aromatic heterocycles. The van der Waals surface area contributed by atoms with E-state index >= 15 is 0 Å². The second kappa shape index (κ2) is 8.07. The summed E-state index contributed by atoms with van der Waals surface area (Å²) >= 11 is 12.6. The molecule has 0 spiro atoms. The van der Waals surface area contributed by atoms with Gasteiger partial charge in [-0.1, -0.05) is 47.7 Å².